The number of hydrogen-bond acceptors (Lipinski definition) is 2. The van der Waals surface area contributed by atoms with Crippen LogP contribution < -0.4 is 0 Å². The molecule has 106 valence electrons. The van der Waals surface area contributed by atoms with Crippen LogP contribution in [0.3, 0.4) is 0 Å². The fraction of sp³-hybridized carbons (Fsp3) is 0.562. The van der Waals surface area contributed by atoms with E-state index in [2.05, 4.69) is 33.9 Å². The zero-order valence-electron chi connectivity index (χ0n) is 13.0. The lowest BCUT2D eigenvalue weighted by Crippen LogP contribution is -2.40. The van der Waals surface area contributed by atoms with Crippen LogP contribution in [0.15, 0.2) is 24.3 Å². The van der Waals surface area contributed by atoms with Gasteiger partial charge in [0.1, 0.15) is 0 Å². The van der Waals surface area contributed by atoms with Gasteiger partial charge in [0.15, 0.2) is 14.1 Å². The van der Waals surface area contributed by atoms with Crippen LogP contribution in [0.4, 0.5) is 0 Å². The number of benzene rings is 1. The van der Waals surface area contributed by atoms with Crippen molar-refractivity contribution >= 4 is 14.1 Å². The highest BCUT2D eigenvalue weighted by molar-refractivity contribution is 6.74. The number of hydrogen-bond donors (Lipinski definition) is 0. The molecule has 1 aromatic rings. The van der Waals surface area contributed by atoms with Gasteiger partial charge in [-0.15, -0.1) is 0 Å². The first-order valence-corrected chi connectivity index (χ1v) is 9.84. The molecule has 3 heteroatoms. The van der Waals surface area contributed by atoms with E-state index in [0.29, 0.717) is 13.0 Å². The van der Waals surface area contributed by atoms with Gasteiger partial charge in [-0.25, -0.2) is 0 Å². The number of carbonyl (C=O) groups excluding carboxylic acids is 1. The summed E-state index contributed by atoms with van der Waals surface area (Å²) in [7, 11) is -1.73. The van der Waals surface area contributed by atoms with Gasteiger partial charge >= 0.3 is 0 Å². The zero-order chi connectivity index (χ0) is 14.7. The van der Waals surface area contributed by atoms with Crippen molar-refractivity contribution in [2.45, 2.75) is 58.9 Å². The zero-order valence-corrected chi connectivity index (χ0v) is 14.0. The van der Waals surface area contributed by atoms with Crippen LogP contribution in [0.2, 0.25) is 18.1 Å². The van der Waals surface area contributed by atoms with Gasteiger partial charge in [-0.1, -0.05) is 45.9 Å². The molecule has 0 heterocycles. The van der Waals surface area contributed by atoms with Crippen molar-refractivity contribution in [3.63, 3.8) is 0 Å². The first-order valence-electron chi connectivity index (χ1n) is 6.93. The summed E-state index contributed by atoms with van der Waals surface area (Å²) in [6.07, 6.45) is 0.548. The molecule has 0 saturated heterocycles. The fourth-order valence-electron chi connectivity index (χ4n) is 1.52. The predicted molar refractivity (Wildman–Crippen MR) is 83.0 cm³/mol. The average Bonchev–Trinajstić information content (AvgIpc) is 2.34. The largest absolute Gasteiger partial charge is 0.413 e. The van der Waals surface area contributed by atoms with Crippen molar-refractivity contribution in [1.29, 1.82) is 0 Å². The molecule has 0 aliphatic carbocycles. The summed E-state index contributed by atoms with van der Waals surface area (Å²) in [5.74, 6) is 0.189. The summed E-state index contributed by atoms with van der Waals surface area (Å²) in [4.78, 5) is 11.7. The summed E-state index contributed by atoms with van der Waals surface area (Å²) in [6.45, 7) is 13.7. The highest BCUT2D eigenvalue weighted by Gasteiger charge is 2.36. The molecule has 1 rings (SSSR count). The third-order valence-corrected chi connectivity index (χ3v) is 8.45. The minimum atomic E-state index is -1.73. The topological polar surface area (TPSA) is 26.3 Å². The maximum absolute atomic E-state index is 11.7. The van der Waals surface area contributed by atoms with Crippen molar-refractivity contribution in [3.05, 3.63) is 35.4 Å². The molecule has 0 aromatic heterocycles. The molecule has 0 spiro atoms. The van der Waals surface area contributed by atoms with Crippen LogP contribution in [0.5, 0.6) is 0 Å². The van der Waals surface area contributed by atoms with Crippen LogP contribution >= 0.6 is 0 Å². The van der Waals surface area contributed by atoms with Crippen LogP contribution in [0.1, 0.15) is 50.0 Å². The molecule has 1 aromatic carbocycles. The molecule has 0 amide bonds. The molecule has 0 aliphatic heterocycles. The highest BCUT2D eigenvalue weighted by Crippen LogP contribution is 2.37. The molecule has 0 saturated carbocycles. The molecule has 0 aliphatic rings. The normalized spacial score (nSPS) is 12.5. The van der Waals surface area contributed by atoms with E-state index >= 15 is 0 Å². The molecular formula is C16H26O2Si. The lowest BCUT2D eigenvalue weighted by molar-refractivity contribution is 0.0988. The number of carbonyl (C=O) groups is 1. The van der Waals surface area contributed by atoms with Gasteiger partial charge in [-0.3, -0.25) is 4.79 Å². The van der Waals surface area contributed by atoms with Gasteiger partial charge in [0, 0.05) is 12.0 Å². The third-order valence-electron chi connectivity index (χ3n) is 3.98. The van der Waals surface area contributed by atoms with E-state index in [9.17, 15) is 4.79 Å². The molecule has 2 nitrogen and oxygen atoms in total. The van der Waals surface area contributed by atoms with Crippen molar-refractivity contribution in [2.75, 3.05) is 0 Å². The Hall–Kier alpha value is -0.933. The number of ketones is 1. The second-order valence-electron chi connectivity index (χ2n) is 6.53. The van der Waals surface area contributed by atoms with Crippen molar-refractivity contribution < 1.29 is 9.22 Å². The maximum atomic E-state index is 11.7. The first kappa shape index (κ1) is 16.1. The van der Waals surface area contributed by atoms with Gasteiger partial charge < -0.3 is 4.43 Å². The van der Waals surface area contributed by atoms with E-state index in [-0.39, 0.29) is 10.8 Å². The van der Waals surface area contributed by atoms with Crippen molar-refractivity contribution in [1.82, 2.24) is 0 Å². The maximum Gasteiger partial charge on any atom is 0.192 e. The lowest BCUT2D eigenvalue weighted by atomic mass is 10.1. The Morgan fingerprint density at radius 1 is 1.26 bits per heavy atom. The number of Topliss-reactive ketones (excluding diaryl/α,β-unsaturated/α-hetero) is 1. The van der Waals surface area contributed by atoms with E-state index < -0.39 is 8.32 Å². The Balaban J connectivity index is 2.76. The molecule has 19 heavy (non-hydrogen) atoms. The molecule has 0 bridgehead atoms. The Bertz CT molecular complexity index is 444. The molecule has 0 unspecified atom stereocenters. The summed E-state index contributed by atoms with van der Waals surface area (Å²) >= 11 is 0. The minimum absolute atomic E-state index is 0.189. The van der Waals surface area contributed by atoms with E-state index in [1.807, 2.05) is 31.2 Å². The quantitative estimate of drug-likeness (QED) is 0.571. The van der Waals surface area contributed by atoms with Crippen LogP contribution in [-0.4, -0.2) is 14.1 Å². The SMILES string of the molecule is CCC(=O)c1cccc(CO[Si](C)(C)C(C)(C)C)c1. The molecule has 0 atom stereocenters. The summed E-state index contributed by atoms with van der Waals surface area (Å²) in [5, 5.41) is 0.212. The van der Waals surface area contributed by atoms with Crippen molar-refractivity contribution in [3.8, 4) is 0 Å². The second kappa shape index (κ2) is 6.01. The van der Waals surface area contributed by atoms with Gasteiger partial charge in [-0.05, 0) is 29.8 Å². The molecule has 0 N–H and O–H groups in total. The van der Waals surface area contributed by atoms with E-state index in [0.717, 1.165) is 11.1 Å². The van der Waals surface area contributed by atoms with Gasteiger partial charge in [0.25, 0.3) is 0 Å². The monoisotopic (exact) mass is 278 g/mol. The standard InChI is InChI=1S/C16H26O2Si/c1-7-15(17)14-10-8-9-13(11-14)12-18-19(5,6)16(2,3)4/h8-11H,7,12H2,1-6H3. The van der Waals surface area contributed by atoms with Crippen LogP contribution in [-0.2, 0) is 11.0 Å². The Kier molecular flexibility index (Phi) is 5.10. The Labute approximate surface area is 118 Å². The average molecular weight is 278 g/mol. The molecule has 0 fully saturated rings. The van der Waals surface area contributed by atoms with E-state index in [1.165, 1.54) is 0 Å². The summed E-state index contributed by atoms with van der Waals surface area (Å²) in [6, 6.07) is 7.80. The van der Waals surface area contributed by atoms with Gasteiger partial charge in [0.2, 0.25) is 0 Å². The third kappa shape index (κ3) is 4.29. The second-order valence-corrected chi connectivity index (χ2v) is 11.3. The van der Waals surface area contributed by atoms with E-state index in [4.69, 9.17) is 4.43 Å². The smallest absolute Gasteiger partial charge is 0.192 e. The highest BCUT2D eigenvalue weighted by atomic mass is 28.4. The van der Waals surface area contributed by atoms with Crippen LogP contribution in [0, 0.1) is 0 Å². The number of rotatable bonds is 5. The van der Waals surface area contributed by atoms with Gasteiger partial charge in [-0.2, -0.15) is 0 Å². The van der Waals surface area contributed by atoms with Crippen LogP contribution in [0.25, 0.3) is 0 Å². The molecular weight excluding hydrogens is 252 g/mol. The Morgan fingerprint density at radius 2 is 1.89 bits per heavy atom. The minimum Gasteiger partial charge on any atom is -0.413 e. The first-order chi connectivity index (χ1) is 8.67. The predicted octanol–water partition coefficient (Wildman–Crippen LogP) is 4.80. The van der Waals surface area contributed by atoms with Crippen molar-refractivity contribution in [2.24, 2.45) is 0 Å². The van der Waals surface area contributed by atoms with Gasteiger partial charge in [0.05, 0.1) is 6.61 Å². The van der Waals surface area contributed by atoms with E-state index in [1.54, 1.807) is 0 Å². The Morgan fingerprint density at radius 3 is 2.42 bits per heavy atom. The molecule has 0 radical (unpaired) electrons. The fourth-order valence-corrected chi connectivity index (χ4v) is 2.48. The summed E-state index contributed by atoms with van der Waals surface area (Å²) < 4.78 is 6.18. The summed E-state index contributed by atoms with van der Waals surface area (Å²) in [5.41, 5.74) is 1.88. The lowest BCUT2D eigenvalue weighted by Gasteiger charge is -2.36.